The van der Waals surface area contributed by atoms with E-state index in [1.54, 1.807) is 36.4 Å². The summed E-state index contributed by atoms with van der Waals surface area (Å²) in [6.07, 6.45) is 3.90. The highest BCUT2D eigenvalue weighted by molar-refractivity contribution is 7.14. The van der Waals surface area contributed by atoms with E-state index < -0.39 is 0 Å². The van der Waals surface area contributed by atoms with Crippen LogP contribution in [0.2, 0.25) is 0 Å². The molecule has 2 amide bonds. The normalized spacial score (nSPS) is 15.1. The van der Waals surface area contributed by atoms with Crippen LogP contribution >= 0.6 is 11.3 Å². The summed E-state index contributed by atoms with van der Waals surface area (Å²) in [5, 5.41) is 8.17. The first kappa shape index (κ1) is 20.3. The number of hydrogen-bond donors (Lipinski definition) is 2. The van der Waals surface area contributed by atoms with Crippen molar-refractivity contribution in [3.8, 4) is 0 Å². The fourth-order valence-corrected chi connectivity index (χ4v) is 4.06. The fourth-order valence-electron chi connectivity index (χ4n) is 3.36. The molecule has 8 heteroatoms. The Kier molecular flexibility index (Phi) is 6.25. The van der Waals surface area contributed by atoms with Crippen LogP contribution in [0.1, 0.15) is 46.4 Å². The maximum Gasteiger partial charge on any atom is 0.291 e. The van der Waals surface area contributed by atoms with Gasteiger partial charge in [0.15, 0.2) is 10.9 Å². The molecule has 1 aromatic carbocycles. The molecule has 3 heterocycles. The van der Waals surface area contributed by atoms with E-state index in [4.69, 9.17) is 4.42 Å². The number of furan rings is 1. The van der Waals surface area contributed by atoms with Crippen molar-refractivity contribution in [1.82, 2.24) is 9.88 Å². The number of hydrogen-bond acceptors (Lipinski definition) is 6. The summed E-state index contributed by atoms with van der Waals surface area (Å²) in [6.45, 7) is 5.32. The van der Waals surface area contributed by atoms with E-state index in [2.05, 4.69) is 27.4 Å². The zero-order valence-corrected chi connectivity index (χ0v) is 17.6. The summed E-state index contributed by atoms with van der Waals surface area (Å²) in [6, 6.07) is 9.93. The van der Waals surface area contributed by atoms with E-state index in [9.17, 15) is 9.59 Å². The molecule has 156 valence electrons. The number of carbonyl (C=O) groups excluding carboxylic acids is 2. The Hall–Kier alpha value is -2.97. The van der Waals surface area contributed by atoms with Crippen LogP contribution in [0.25, 0.3) is 0 Å². The maximum atomic E-state index is 12.5. The number of piperidine rings is 1. The van der Waals surface area contributed by atoms with Gasteiger partial charge >= 0.3 is 0 Å². The van der Waals surface area contributed by atoms with E-state index in [-0.39, 0.29) is 17.6 Å². The van der Waals surface area contributed by atoms with Crippen LogP contribution in [0.4, 0.5) is 10.8 Å². The van der Waals surface area contributed by atoms with Crippen molar-refractivity contribution in [2.24, 2.45) is 5.92 Å². The first-order valence-electron chi connectivity index (χ1n) is 10.00. The molecular weight excluding hydrogens is 400 g/mol. The molecule has 4 rings (SSSR count). The molecule has 2 N–H and O–H groups in total. The molecule has 0 bridgehead atoms. The standard InChI is InChI=1S/C22H24N4O3S/c1-15-8-10-26(11-9-15)13-18-14-30-22(24-18)25-20(27)16-4-6-17(7-5-16)23-21(28)19-3-2-12-29-19/h2-7,12,14-15H,8-11,13H2,1H3,(H,23,28)(H,24,25,27). The Morgan fingerprint density at radius 2 is 1.90 bits per heavy atom. The van der Waals surface area contributed by atoms with Gasteiger partial charge in [-0.2, -0.15) is 0 Å². The average Bonchev–Trinajstić information content (AvgIpc) is 3.43. The molecule has 0 unspecified atom stereocenters. The Bertz CT molecular complexity index is 990. The number of nitrogens with zero attached hydrogens (tertiary/aromatic N) is 2. The molecule has 0 radical (unpaired) electrons. The molecule has 0 spiro atoms. The van der Waals surface area contributed by atoms with Crippen LogP contribution in [-0.2, 0) is 6.54 Å². The summed E-state index contributed by atoms with van der Waals surface area (Å²) < 4.78 is 5.07. The number of thiazole rings is 1. The SMILES string of the molecule is CC1CCN(Cc2csc(NC(=O)c3ccc(NC(=O)c4ccco4)cc3)n2)CC1. The molecule has 7 nitrogen and oxygen atoms in total. The Labute approximate surface area is 179 Å². The number of aromatic nitrogens is 1. The van der Waals surface area contributed by atoms with Crippen LogP contribution in [-0.4, -0.2) is 34.8 Å². The van der Waals surface area contributed by atoms with E-state index in [0.717, 1.165) is 31.2 Å². The average molecular weight is 425 g/mol. The molecular formula is C22H24N4O3S. The van der Waals surface area contributed by atoms with Crippen LogP contribution in [0.5, 0.6) is 0 Å². The van der Waals surface area contributed by atoms with Crippen LogP contribution < -0.4 is 10.6 Å². The summed E-state index contributed by atoms with van der Waals surface area (Å²) >= 11 is 1.43. The molecule has 1 saturated heterocycles. The van der Waals surface area contributed by atoms with E-state index in [0.29, 0.717) is 16.4 Å². The van der Waals surface area contributed by atoms with Gasteiger partial charge in [0, 0.05) is 23.2 Å². The molecule has 0 aliphatic carbocycles. The minimum Gasteiger partial charge on any atom is -0.459 e. The third-order valence-corrected chi connectivity index (χ3v) is 5.99. The highest BCUT2D eigenvalue weighted by atomic mass is 32.1. The number of rotatable bonds is 6. The van der Waals surface area contributed by atoms with Gasteiger partial charge in [-0.3, -0.25) is 19.8 Å². The number of carbonyl (C=O) groups is 2. The van der Waals surface area contributed by atoms with Crippen molar-refractivity contribution >= 4 is 34.0 Å². The van der Waals surface area contributed by atoms with Gasteiger partial charge < -0.3 is 9.73 Å². The van der Waals surface area contributed by atoms with Crippen molar-refractivity contribution in [2.45, 2.75) is 26.3 Å². The van der Waals surface area contributed by atoms with E-state index in [1.165, 1.54) is 30.4 Å². The lowest BCUT2D eigenvalue weighted by Crippen LogP contribution is -2.32. The predicted octanol–water partition coefficient (Wildman–Crippen LogP) is 4.47. The second-order valence-electron chi connectivity index (χ2n) is 7.57. The number of benzene rings is 1. The smallest absolute Gasteiger partial charge is 0.291 e. The molecule has 0 saturated carbocycles. The zero-order valence-electron chi connectivity index (χ0n) is 16.8. The Balaban J connectivity index is 1.30. The summed E-state index contributed by atoms with van der Waals surface area (Å²) in [4.78, 5) is 31.5. The zero-order chi connectivity index (χ0) is 20.9. The number of likely N-dealkylation sites (tertiary alicyclic amines) is 1. The first-order valence-corrected chi connectivity index (χ1v) is 10.9. The van der Waals surface area contributed by atoms with Crippen molar-refractivity contribution in [3.05, 3.63) is 65.1 Å². The van der Waals surface area contributed by atoms with Crippen molar-refractivity contribution in [1.29, 1.82) is 0 Å². The minimum absolute atomic E-state index is 0.230. The first-order chi connectivity index (χ1) is 14.6. The topological polar surface area (TPSA) is 87.5 Å². The largest absolute Gasteiger partial charge is 0.459 e. The molecule has 1 aliphatic rings. The fraction of sp³-hybridized carbons (Fsp3) is 0.318. The van der Waals surface area contributed by atoms with Crippen molar-refractivity contribution in [2.75, 3.05) is 23.7 Å². The van der Waals surface area contributed by atoms with E-state index in [1.807, 2.05) is 5.38 Å². The summed E-state index contributed by atoms with van der Waals surface area (Å²) in [5.74, 6) is 0.467. The van der Waals surface area contributed by atoms with Crippen LogP contribution in [0.15, 0.2) is 52.5 Å². The molecule has 1 fully saturated rings. The lowest BCUT2D eigenvalue weighted by Gasteiger charge is -2.29. The lowest BCUT2D eigenvalue weighted by molar-refractivity contribution is 0.0995. The van der Waals surface area contributed by atoms with Crippen LogP contribution in [0.3, 0.4) is 0 Å². The third kappa shape index (κ3) is 5.14. The van der Waals surface area contributed by atoms with Gasteiger partial charge in [-0.15, -0.1) is 11.3 Å². The second-order valence-corrected chi connectivity index (χ2v) is 8.42. The Morgan fingerprint density at radius 1 is 1.13 bits per heavy atom. The highest BCUT2D eigenvalue weighted by Gasteiger charge is 2.17. The van der Waals surface area contributed by atoms with Gasteiger partial charge in [0.2, 0.25) is 0 Å². The number of anilines is 2. The van der Waals surface area contributed by atoms with Crippen LogP contribution in [0, 0.1) is 5.92 Å². The van der Waals surface area contributed by atoms with Gasteiger partial charge in [0.25, 0.3) is 11.8 Å². The lowest BCUT2D eigenvalue weighted by atomic mass is 9.99. The van der Waals surface area contributed by atoms with Gasteiger partial charge in [-0.05, 0) is 68.2 Å². The van der Waals surface area contributed by atoms with E-state index >= 15 is 0 Å². The molecule has 1 aliphatic heterocycles. The monoisotopic (exact) mass is 424 g/mol. The third-order valence-electron chi connectivity index (χ3n) is 5.18. The number of nitrogens with one attached hydrogen (secondary N) is 2. The van der Waals surface area contributed by atoms with Crippen molar-refractivity contribution < 1.29 is 14.0 Å². The maximum absolute atomic E-state index is 12.5. The summed E-state index contributed by atoms with van der Waals surface area (Å²) in [7, 11) is 0. The highest BCUT2D eigenvalue weighted by Crippen LogP contribution is 2.21. The molecule has 0 atom stereocenters. The van der Waals surface area contributed by atoms with Gasteiger partial charge in [0.1, 0.15) is 0 Å². The quantitative estimate of drug-likeness (QED) is 0.609. The number of amides is 2. The minimum atomic E-state index is -0.337. The molecule has 2 aromatic heterocycles. The Morgan fingerprint density at radius 3 is 2.60 bits per heavy atom. The second kappa shape index (κ2) is 9.23. The molecule has 3 aromatic rings. The van der Waals surface area contributed by atoms with Gasteiger partial charge in [-0.25, -0.2) is 4.98 Å². The summed E-state index contributed by atoms with van der Waals surface area (Å²) in [5.41, 5.74) is 2.06. The van der Waals surface area contributed by atoms with Gasteiger partial charge in [0.05, 0.1) is 12.0 Å². The predicted molar refractivity (Wildman–Crippen MR) is 117 cm³/mol. The molecule has 30 heavy (non-hydrogen) atoms. The van der Waals surface area contributed by atoms with Gasteiger partial charge in [-0.1, -0.05) is 6.92 Å². The van der Waals surface area contributed by atoms with Crippen molar-refractivity contribution in [3.63, 3.8) is 0 Å².